The number of anilines is 1. The van der Waals surface area contributed by atoms with Crippen LogP contribution in [0.15, 0.2) is 60.7 Å². The molecule has 21 heavy (non-hydrogen) atoms. The number of carboxylic acid groups (broad SMARTS) is 1. The molecule has 2 rings (SSSR count). The predicted octanol–water partition coefficient (Wildman–Crippen LogP) is 3.16. The fourth-order valence-electron chi connectivity index (χ4n) is 2.03. The zero-order chi connectivity index (χ0) is 14.9. The zero-order valence-electron chi connectivity index (χ0n) is 11.7. The predicted molar refractivity (Wildman–Crippen MR) is 82.2 cm³/mol. The van der Waals surface area contributed by atoms with Crippen LogP contribution in [0.1, 0.15) is 12.0 Å². The summed E-state index contributed by atoms with van der Waals surface area (Å²) in [6, 6.07) is 19.1. The van der Waals surface area contributed by atoms with Crippen LogP contribution in [0.5, 0.6) is 0 Å². The zero-order valence-corrected chi connectivity index (χ0v) is 11.7. The van der Waals surface area contributed by atoms with Crippen LogP contribution in [0.2, 0.25) is 0 Å². The average molecular weight is 285 g/mol. The standard InChI is InChI=1S/C17H19NO3/c19-17(20)11-16(18-15-9-5-2-6-10-15)13-21-12-14-7-3-1-4-8-14/h1-10,16,18H,11-13H2,(H,19,20)/t16-/m1/s1. The first kappa shape index (κ1) is 15.1. The number of para-hydroxylation sites is 1. The Morgan fingerprint density at radius 3 is 2.29 bits per heavy atom. The number of carbonyl (C=O) groups is 1. The molecule has 1 atom stereocenters. The Bertz CT molecular complexity index is 542. The maximum Gasteiger partial charge on any atom is 0.305 e. The molecule has 2 N–H and O–H groups in total. The first-order chi connectivity index (χ1) is 10.2. The third-order valence-electron chi connectivity index (χ3n) is 3.00. The quantitative estimate of drug-likeness (QED) is 0.782. The SMILES string of the molecule is O=C(O)C[C@H](COCc1ccccc1)Nc1ccccc1. The van der Waals surface area contributed by atoms with Crippen LogP contribution in [0.3, 0.4) is 0 Å². The van der Waals surface area contributed by atoms with E-state index in [1.807, 2.05) is 60.7 Å². The maximum atomic E-state index is 10.9. The lowest BCUT2D eigenvalue weighted by molar-refractivity contribution is -0.137. The molecule has 110 valence electrons. The van der Waals surface area contributed by atoms with Gasteiger partial charge in [-0.25, -0.2) is 0 Å². The van der Waals surface area contributed by atoms with Gasteiger partial charge in [0.15, 0.2) is 0 Å². The van der Waals surface area contributed by atoms with Crippen LogP contribution < -0.4 is 5.32 Å². The highest BCUT2D eigenvalue weighted by atomic mass is 16.5. The molecule has 0 radical (unpaired) electrons. The summed E-state index contributed by atoms with van der Waals surface area (Å²) in [6.07, 6.45) is 0.0175. The Hall–Kier alpha value is -2.33. The second kappa shape index (κ2) is 8.07. The van der Waals surface area contributed by atoms with E-state index in [9.17, 15) is 4.79 Å². The largest absolute Gasteiger partial charge is 0.481 e. The van der Waals surface area contributed by atoms with E-state index < -0.39 is 5.97 Å². The molecule has 0 aromatic heterocycles. The number of benzene rings is 2. The van der Waals surface area contributed by atoms with Gasteiger partial charge in [0, 0.05) is 5.69 Å². The fourth-order valence-corrected chi connectivity index (χ4v) is 2.03. The molecule has 0 unspecified atom stereocenters. The van der Waals surface area contributed by atoms with E-state index in [0.29, 0.717) is 13.2 Å². The summed E-state index contributed by atoms with van der Waals surface area (Å²) in [5, 5.41) is 12.2. The molecule has 0 saturated carbocycles. The lowest BCUT2D eigenvalue weighted by Gasteiger charge is -2.18. The summed E-state index contributed by atoms with van der Waals surface area (Å²) in [6.45, 7) is 0.823. The highest BCUT2D eigenvalue weighted by Crippen LogP contribution is 2.10. The lowest BCUT2D eigenvalue weighted by Crippen LogP contribution is -2.28. The van der Waals surface area contributed by atoms with E-state index >= 15 is 0 Å². The summed E-state index contributed by atoms with van der Waals surface area (Å²) in [4.78, 5) is 10.9. The van der Waals surface area contributed by atoms with Gasteiger partial charge in [0.05, 0.1) is 25.7 Å². The molecule has 0 amide bonds. The molecule has 0 fully saturated rings. The summed E-state index contributed by atoms with van der Waals surface area (Å²) in [7, 11) is 0. The monoisotopic (exact) mass is 285 g/mol. The van der Waals surface area contributed by atoms with E-state index in [-0.39, 0.29) is 12.5 Å². The molecule has 2 aromatic carbocycles. The van der Waals surface area contributed by atoms with E-state index in [1.165, 1.54) is 0 Å². The van der Waals surface area contributed by atoms with Crippen molar-refractivity contribution < 1.29 is 14.6 Å². The van der Waals surface area contributed by atoms with Gasteiger partial charge < -0.3 is 15.2 Å². The summed E-state index contributed by atoms with van der Waals surface area (Å²) < 4.78 is 5.63. The highest BCUT2D eigenvalue weighted by molar-refractivity contribution is 5.68. The van der Waals surface area contributed by atoms with Crippen molar-refractivity contribution in [3.63, 3.8) is 0 Å². The minimum absolute atomic E-state index is 0.0175. The van der Waals surface area contributed by atoms with Crippen molar-refractivity contribution in [3.8, 4) is 0 Å². The van der Waals surface area contributed by atoms with Crippen LogP contribution in [-0.4, -0.2) is 23.7 Å². The highest BCUT2D eigenvalue weighted by Gasteiger charge is 2.13. The Labute approximate surface area is 124 Å². The van der Waals surface area contributed by atoms with Gasteiger partial charge >= 0.3 is 5.97 Å². The number of rotatable bonds is 8. The van der Waals surface area contributed by atoms with Crippen molar-refractivity contribution in [1.29, 1.82) is 0 Å². The minimum Gasteiger partial charge on any atom is -0.481 e. The molecule has 0 spiro atoms. The van der Waals surface area contributed by atoms with Crippen molar-refractivity contribution in [3.05, 3.63) is 66.2 Å². The Kier molecular flexibility index (Phi) is 5.79. The summed E-state index contributed by atoms with van der Waals surface area (Å²) in [5.41, 5.74) is 1.97. The lowest BCUT2D eigenvalue weighted by atomic mass is 10.2. The Morgan fingerprint density at radius 1 is 1.05 bits per heavy atom. The van der Waals surface area contributed by atoms with Gasteiger partial charge in [0.1, 0.15) is 0 Å². The van der Waals surface area contributed by atoms with E-state index in [4.69, 9.17) is 9.84 Å². The van der Waals surface area contributed by atoms with Gasteiger partial charge in [-0.1, -0.05) is 48.5 Å². The van der Waals surface area contributed by atoms with E-state index in [0.717, 1.165) is 11.3 Å². The van der Waals surface area contributed by atoms with Gasteiger partial charge in [0.2, 0.25) is 0 Å². The minimum atomic E-state index is -0.841. The number of hydrogen-bond donors (Lipinski definition) is 2. The molecule has 0 aliphatic heterocycles. The second-order valence-corrected chi connectivity index (χ2v) is 4.81. The van der Waals surface area contributed by atoms with Crippen molar-refractivity contribution in [2.75, 3.05) is 11.9 Å². The van der Waals surface area contributed by atoms with E-state index in [2.05, 4.69) is 5.32 Å². The Balaban J connectivity index is 1.86. The number of ether oxygens (including phenoxy) is 1. The normalized spacial score (nSPS) is 11.8. The van der Waals surface area contributed by atoms with Crippen LogP contribution in [0.25, 0.3) is 0 Å². The number of nitrogens with one attached hydrogen (secondary N) is 1. The molecule has 0 saturated heterocycles. The van der Waals surface area contributed by atoms with Gasteiger partial charge in [-0.15, -0.1) is 0 Å². The van der Waals surface area contributed by atoms with Crippen LogP contribution in [0, 0.1) is 0 Å². The first-order valence-corrected chi connectivity index (χ1v) is 6.89. The van der Waals surface area contributed by atoms with Crippen molar-refractivity contribution >= 4 is 11.7 Å². The smallest absolute Gasteiger partial charge is 0.305 e. The second-order valence-electron chi connectivity index (χ2n) is 4.81. The topological polar surface area (TPSA) is 58.6 Å². The number of carboxylic acids is 1. The number of aliphatic carboxylic acids is 1. The van der Waals surface area contributed by atoms with Crippen molar-refractivity contribution in [1.82, 2.24) is 0 Å². The van der Waals surface area contributed by atoms with Gasteiger partial charge in [-0.05, 0) is 17.7 Å². The van der Waals surface area contributed by atoms with E-state index in [1.54, 1.807) is 0 Å². The van der Waals surface area contributed by atoms with Crippen LogP contribution in [0.4, 0.5) is 5.69 Å². The molecule has 0 aliphatic carbocycles. The molecule has 2 aromatic rings. The molecule has 0 bridgehead atoms. The summed E-state index contributed by atoms with van der Waals surface area (Å²) in [5.74, 6) is -0.841. The molecule has 0 aliphatic rings. The molecular formula is C17H19NO3. The third-order valence-corrected chi connectivity index (χ3v) is 3.00. The van der Waals surface area contributed by atoms with Gasteiger partial charge in [0.25, 0.3) is 0 Å². The van der Waals surface area contributed by atoms with Crippen LogP contribution >= 0.6 is 0 Å². The molecule has 4 heteroatoms. The van der Waals surface area contributed by atoms with Crippen LogP contribution in [-0.2, 0) is 16.1 Å². The van der Waals surface area contributed by atoms with Crippen molar-refractivity contribution in [2.45, 2.75) is 19.1 Å². The first-order valence-electron chi connectivity index (χ1n) is 6.89. The average Bonchev–Trinajstić information content (AvgIpc) is 2.49. The maximum absolute atomic E-state index is 10.9. The number of hydrogen-bond acceptors (Lipinski definition) is 3. The van der Waals surface area contributed by atoms with Gasteiger partial charge in [-0.2, -0.15) is 0 Å². The van der Waals surface area contributed by atoms with Crippen molar-refractivity contribution in [2.24, 2.45) is 0 Å². The fraction of sp³-hybridized carbons (Fsp3) is 0.235. The van der Waals surface area contributed by atoms with Gasteiger partial charge in [-0.3, -0.25) is 4.79 Å². The molecular weight excluding hydrogens is 266 g/mol. The molecule has 4 nitrogen and oxygen atoms in total. The molecule has 0 heterocycles. The summed E-state index contributed by atoms with van der Waals surface area (Å²) >= 11 is 0. The third kappa shape index (κ3) is 5.67. The Morgan fingerprint density at radius 2 is 1.67 bits per heavy atom.